The van der Waals surface area contributed by atoms with Crippen molar-refractivity contribution in [1.82, 2.24) is 0 Å². The lowest BCUT2D eigenvalue weighted by Crippen LogP contribution is -2.12. The summed E-state index contributed by atoms with van der Waals surface area (Å²) in [6, 6.07) is 25.7. The van der Waals surface area contributed by atoms with Gasteiger partial charge in [-0.3, -0.25) is 0 Å². The Morgan fingerprint density at radius 3 is 1.53 bits per heavy atom. The van der Waals surface area contributed by atoms with Crippen LogP contribution in [0.3, 0.4) is 0 Å². The van der Waals surface area contributed by atoms with E-state index in [0.29, 0.717) is 67.0 Å². The molecule has 0 saturated carbocycles. The molecule has 0 atom stereocenters. The molecular formula is C50H56N2O12. The highest BCUT2D eigenvalue weighted by Gasteiger charge is 2.16. The summed E-state index contributed by atoms with van der Waals surface area (Å²) in [6.07, 6.45) is 13.1. The van der Waals surface area contributed by atoms with Crippen molar-refractivity contribution in [3.05, 3.63) is 139 Å². The SMILES string of the molecule is C=CC(=O)OCCCCCCOc1ccc(OCOc2ccc(/C=N/N=C/c3ccc(OC(=O)c4ccc(OCCCCCCOC(=O)C=C)cc4)cc3)cc2C(=O)OCCC)cc1. The summed E-state index contributed by atoms with van der Waals surface area (Å²) < 4.78 is 44.0. The molecule has 0 radical (unpaired) electrons. The van der Waals surface area contributed by atoms with E-state index < -0.39 is 23.9 Å². The summed E-state index contributed by atoms with van der Waals surface area (Å²) in [5.41, 5.74) is 1.91. The number of unbranched alkanes of at least 4 members (excludes halogenated alkanes) is 6. The molecule has 64 heavy (non-hydrogen) atoms. The molecule has 0 aliphatic carbocycles. The maximum absolute atomic E-state index is 13.0. The Morgan fingerprint density at radius 1 is 0.500 bits per heavy atom. The standard InChI is InChI=1S/C50H56N2O12/c1-4-29-61-50(56)45-34-39(17-28-46(45)63-37-62-43-26-24-42(25-27-43)58-31-12-8-10-14-33-60-48(54)6-3)36-52-51-35-38-15-20-44(21-16-38)64-49(55)40-18-22-41(23-19-40)57-30-11-7-9-13-32-59-47(53)5-2/h5-6,15-28,34-36H,2-4,7-14,29-33,37H2,1H3/b51-35+,52-36+. The molecule has 0 unspecified atom stereocenters. The maximum atomic E-state index is 13.0. The van der Waals surface area contributed by atoms with Crippen LogP contribution in [0.25, 0.3) is 0 Å². The highest BCUT2D eigenvalue weighted by Crippen LogP contribution is 2.23. The molecule has 14 nitrogen and oxygen atoms in total. The van der Waals surface area contributed by atoms with Gasteiger partial charge in [-0.15, -0.1) is 0 Å². The number of carbonyl (C=O) groups excluding carboxylic acids is 4. The van der Waals surface area contributed by atoms with Crippen LogP contribution < -0.4 is 23.7 Å². The van der Waals surface area contributed by atoms with Crippen molar-refractivity contribution >= 4 is 36.3 Å². The highest BCUT2D eigenvalue weighted by molar-refractivity contribution is 5.95. The molecule has 4 rings (SSSR count). The number of esters is 4. The zero-order chi connectivity index (χ0) is 45.6. The summed E-state index contributed by atoms with van der Waals surface area (Å²) in [6.45, 7) is 10.6. The number of rotatable bonds is 30. The van der Waals surface area contributed by atoms with Gasteiger partial charge in [0.1, 0.15) is 34.3 Å². The Hall–Kier alpha value is -7.22. The van der Waals surface area contributed by atoms with Crippen LogP contribution >= 0.6 is 0 Å². The first-order valence-corrected chi connectivity index (χ1v) is 21.3. The van der Waals surface area contributed by atoms with E-state index in [1.807, 2.05) is 19.1 Å². The predicted octanol–water partition coefficient (Wildman–Crippen LogP) is 9.68. The minimum Gasteiger partial charge on any atom is -0.494 e. The normalized spacial score (nSPS) is 10.8. The summed E-state index contributed by atoms with van der Waals surface area (Å²) in [5.74, 6) is 0.720. The molecule has 0 spiro atoms. The molecule has 4 aromatic carbocycles. The van der Waals surface area contributed by atoms with Gasteiger partial charge >= 0.3 is 23.9 Å². The van der Waals surface area contributed by atoms with Gasteiger partial charge in [-0.2, -0.15) is 10.2 Å². The first-order valence-electron chi connectivity index (χ1n) is 21.3. The first kappa shape index (κ1) is 49.4. The van der Waals surface area contributed by atoms with Crippen LogP contribution in [0.4, 0.5) is 0 Å². The predicted molar refractivity (Wildman–Crippen MR) is 243 cm³/mol. The molecule has 0 aromatic heterocycles. The van der Waals surface area contributed by atoms with Gasteiger partial charge in [-0.25, -0.2) is 19.2 Å². The maximum Gasteiger partial charge on any atom is 0.343 e. The van der Waals surface area contributed by atoms with Crippen LogP contribution in [-0.4, -0.2) is 76.1 Å². The number of benzene rings is 4. The van der Waals surface area contributed by atoms with Crippen LogP contribution in [0.15, 0.2) is 127 Å². The molecule has 14 heteroatoms. The molecule has 338 valence electrons. The number of ether oxygens (including phenoxy) is 8. The van der Waals surface area contributed by atoms with E-state index in [0.717, 1.165) is 69.1 Å². The van der Waals surface area contributed by atoms with Crippen molar-refractivity contribution in [3.63, 3.8) is 0 Å². The van der Waals surface area contributed by atoms with Crippen molar-refractivity contribution in [2.24, 2.45) is 10.2 Å². The Bertz CT molecular complexity index is 2130. The molecule has 0 N–H and O–H groups in total. The van der Waals surface area contributed by atoms with Gasteiger partial charge in [0.15, 0.2) is 0 Å². The van der Waals surface area contributed by atoms with E-state index in [2.05, 4.69) is 23.4 Å². The van der Waals surface area contributed by atoms with Gasteiger partial charge in [0.25, 0.3) is 0 Å². The van der Waals surface area contributed by atoms with Crippen LogP contribution in [0.1, 0.15) is 96.6 Å². The van der Waals surface area contributed by atoms with E-state index in [-0.39, 0.29) is 24.7 Å². The van der Waals surface area contributed by atoms with Crippen molar-refractivity contribution in [2.45, 2.75) is 64.7 Å². The molecule has 0 aliphatic rings. The third-order valence-electron chi connectivity index (χ3n) is 9.02. The highest BCUT2D eigenvalue weighted by atomic mass is 16.7. The Morgan fingerprint density at radius 2 is 0.984 bits per heavy atom. The second-order valence-electron chi connectivity index (χ2n) is 14.0. The largest absolute Gasteiger partial charge is 0.494 e. The summed E-state index contributed by atoms with van der Waals surface area (Å²) in [7, 11) is 0. The lowest BCUT2D eigenvalue weighted by atomic mass is 10.1. The Balaban J connectivity index is 1.19. The number of hydrogen-bond acceptors (Lipinski definition) is 14. The van der Waals surface area contributed by atoms with Gasteiger partial charge in [-0.05, 0) is 160 Å². The van der Waals surface area contributed by atoms with E-state index >= 15 is 0 Å². The molecule has 0 saturated heterocycles. The second kappa shape index (κ2) is 29.1. The summed E-state index contributed by atoms with van der Waals surface area (Å²) in [5, 5.41) is 8.26. The first-order chi connectivity index (χ1) is 31.3. The molecule has 0 amide bonds. The van der Waals surface area contributed by atoms with Gasteiger partial charge in [0.05, 0.1) is 51.0 Å². The molecule has 0 aliphatic heterocycles. The smallest absolute Gasteiger partial charge is 0.343 e. The van der Waals surface area contributed by atoms with Crippen LogP contribution in [0, 0.1) is 0 Å². The number of carbonyl (C=O) groups is 4. The van der Waals surface area contributed by atoms with Gasteiger partial charge < -0.3 is 37.9 Å². The van der Waals surface area contributed by atoms with E-state index in [1.54, 1.807) is 85.1 Å². The average Bonchev–Trinajstić information content (AvgIpc) is 3.32. The van der Waals surface area contributed by atoms with Crippen LogP contribution in [0.5, 0.6) is 28.7 Å². The van der Waals surface area contributed by atoms with E-state index in [1.165, 1.54) is 6.21 Å². The molecule has 0 heterocycles. The lowest BCUT2D eigenvalue weighted by molar-refractivity contribution is -0.138. The minimum absolute atomic E-state index is 0.155. The summed E-state index contributed by atoms with van der Waals surface area (Å²) in [4.78, 5) is 47.8. The minimum atomic E-state index is -0.540. The number of hydrogen-bond donors (Lipinski definition) is 0. The zero-order valence-electron chi connectivity index (χ0n) is 36.3. The van der Waals surface area contributed by atoms with Crippen LogP contribution in [0.2, 0.25) is 0 Å². The van der Waals surface area contributed by atoms with Crippen LogP contribution in [-0.2, 0) is 23.8 Å². The summed E-state index contributed by atoms with van der Waals surface area (Å²) >= 11 is 0. The van der Waals surface area contributed by atoms with E-state index in [9.17, 15) is 19.2 Å². The second-order valence-corrected chi connectivity index (χ2v) is 14.0. The van der Waals surface area contributed by atoms with Crippen molar-refractivity contribution in [1.29, 1.82) is 0 Å². The van der Waals surface area contributed by atoms with Gasteiger partial charge in [0.2, 0.25) is 6.79 Å². The topological polar surface area (TPSA) is 167 Å². The van der Waals surface area contributed by atoms with E-state index in [4.69, 9.17) is 37.9 Å². The number of nitrogens with zero attached hydrogens (tertiary/aromatic N) is 2. The average molecular weight is 877 g/mol. The molecule has 4 aromatic rings. The molecule has 0 bridgehead atoms. The van der Waals surface area contributed by atoms with Gasteiger partial charge in [0, 0.05) is 12.2 Å². The Labute approximate surface area is 374 Å². The molecular weight excluding hydrogens is 821 g/mol. The lowest BCUT2D eigenvalue weighted by Gasteiger charge is -2.13. The zero-order valence-corrected chi connectivity index (χ0v) is 36.3. The quantitative estimate of drug-likeness (QED) is 0.00712. The third kappa shape index (κ3) is 19.2. The Kier molecular flexibility index (Phi) is 22.5. The van der Waals surface area contributed by atoms with Crippen molar-refractivity contribution in [2.75, 3.05) is 39.8 Å². The fourth-order valence-electron chi connectivity index (χ4n) is 5.61. The van der Waals surface area contributed by atoms with Crippen molar-refractivity contribution in [3.8, 4) is 28.7 Å². The fraction of sp³-hybridized carbons (Fsp3) is 0.320. The van der Waals surface area contributed by atoms with Gasteiger partial charge in [-0.1, -0.05) is 20.1 Å². The fourth-order valence-corrected chi connectivity index (χ4v) is 5.61. The monoisotopic (exact) mass is 876 g/mol. The van der Waals surface area contributed by atoms with Crippen molar-refractivity contribution < 1.29 is 57.1 Å². The molecule has 0 fully saturated rings. The third-order valence-corrected chi connectivity index (χ3v) is 9.02.